The molecular formula is C15H21BrN2O2. The van der Waals surface area contributed by atoms with E-state index in [2.05, 4.69) is 35.1 Å². The molecule has 0 aliphatic heterocycles. The summed E-state index contributed by atoms with van der Waals surface area (Å²) in [4.78, 5) is 10.9. The van der Waals surface area contributed by atoms with Gasteiger partial charge in [-0.15, -0.1) is 0 Å². The van der Waals surface area contributed by atoms with Crippen LogP contribution in [0.25, 0.3) is 0 Å². The minimum atomic E-state index is -0.319. The Kier molecular flexibility index (Phi) is 5.02. The Labute approximate surface area is 128 Å². The van der Waals surface area contributed by atoms with Crippen LogP contribution in [0.5, 0.6) is 0 Å². The van der Waals surface area contributed by atoms with Gasteiger partial charge >= 0.3 is 0 Å². The van der Waals surface area contributed by atoms with Crippen LogP contribution >= 0.6 is 15.9 Å². The van der Waals surface area contributed by atoms with Crippen LogP contribution in [0.2, 0.25) is 0 Å². The van der Waals surface area contributed by atoms with Crippen LogP contribution in [-0.2, 0) is 0 Å². The molecule has 0 spiro atoms. The van der Waals surface area contributed by atoms with Crippen LogP contribution in [0, 0.1) is 22.0 Å². The van der Waals surface area contributed by atoms with E-state index in [0.717, 1.165) is 10.9 Å². The first-order chi connectivity index (χ1) is 9.49. The first-order valence-corrected chi connectivity index (χ1v) is 7.99. The van der Waals surface area contributed by atoms with Crippen molar-refractivity contribution in [1.29, 1.82) is 0 Å². The quantitative estimate of drug-likeness (QED) is 0.620. The number of benzene rings is 1. The van der Waals surface area contributed by atoms with E-state index < -0.39 is 0 Å². The van der Waals surface area contributed by atoms with E-state index >= 15 is 0 Å². The molecule has 2 unspecified atom stereocenters. The normalized spacial score (nSPS) is 22.8. The fourth-order valence-corrected chi connectivity index (χ4v) is 3.46. The lowest BCUT2D eigenvalue weighted by molar-refractivity contribution is -0.384. The standard InChI is InChI=1S/C15H21BrN2O2/c1-10(2)12-5-3-4-6-13(12)17-14-8-7-11(16)9-15(14)18(19)20/h7-10,12-13,17H,3-6H2,1-2H3. The number of nitrogens with one attached hydrogen (secondary N) is 1. The summed E-state index contributed by atoms with van der Waals surface area (Å²) in [7, 11) is 0. The van der Waals surface area contributed by atoms with Gasteiger partial charge in [-0.3, -0.25) is 10.1 Å². The van der Waals surface area contributed by atoms with Crippen molar-refractivity contribution in [3.63, 3.8) is 0 Å². The van der Waals surface area contributed by atoms with Crippen molar-refractivity contribution in [2.75, 3.05) is 5.32 Å². The van der Waals surface area contributed by atoms with E-state index in [-0.39, 0.29) is 10.6 Å². The van der Waals surface area contributed by atoms with Gasteiger partial charge in [0.1, 0.15) is 5.69 Å². The molecule has 0 saturated heterocycles. The largest absolute Gasteiger partial charge is 0.376 e. The van der Waals surface area contributed by atoms with Crippen LogP contribution in [0.3, 0.4) is 0 Å². The number of hydrogen-bond donors (Lipinski definition) is 1. The Morgan fingerprint density at radius 2 is 2.05 bits per heavy atom. The van der Waals surface area contributed by atoms with Gasteiger partial charge in [0, 0.05) is 16.6 Å². The average molecular weight is 341 g/mol. The Bertz CT molecular complexity index is 491. The van der Waals surface area contributed by atoms with Crippen molar-refractivity contribution in [2.24, 2.45) is 11.8 Å². The summed E-state index contributed by atoms with van der Waals surface area (Å²) in [5.41, 5.74) is 0.781. The highest BCUT2D eigenvalue weighted by Gasteiger charge is 2.29. The van der Waals surface area contributed by atoms with Gasteiger partial charge in [0.25, 0.3) is 5.69 Å². The second kappa shape index (κ2) is 6.57. The molecule has 4 nitrogen and oxygen atoms in total. The Morgan fingerprint density at radius 1 is 1.35 bits per heavy atom. The Morgan fingerprint density at radius 3 is 2.70 bits per heavy atom. The Balaban J connectivity index is 2.22. The molecule has 2 atom stereocenters. The van der Waals surface area contributed by atoms with E-state index in [1.165, 1.54) is 19.3 Å². The van der Waals surface area contributed by atoms with E-state index in [4.69, 9.17) is 0 Å². The van der Waals surface area contributed by atoms with Crippen molar-refractivity contribution in [2.45, 2.75) is 45.6 Å². The summed E-state index contributed by atoms with van der Waals surface area (Å²) < 4.78 is 0.735. The van der Waals surface area contributed by atoms with Gasteiger partial charge in [0.15, 0.2) is 0 Å². The molecular weight excluding hydrogens is 320 g/mol. The molecule has 1 saturated carbocycles. The third-order valence-electron chi connectivity index (χ3n) is 4.17. The zero-order valence-electron chi connectivity index (χ0n) is 11.9. The second-order valence-corrected chi connectivity index (χ2v) is 6.78. The monoisotopic (exact) mass is 340 g/mol. The van der Waals surface area contributed by atoms with Crippen LogP contribution < -0.4 is 5.32 Å². The van der Waals surface area contributed by atoms with Crippen molar-refractivity contribution >= 4 is 27.3 Å². The molecule has 110 valence electrons. The molecule has 0 bridgehead atoms. The van der Waals surface area contributed by atoms with Crippen molar-refractivity contribution in [1.82, 2.24) is 0 Å². The van der Waals surface area contributed by atoms with Crippen LogP contribution in [0.1, 0.15) is 39.5 Å². The zero-order chi connectivity index (χ0) is 14.7. The summed E-state index contributed by atoms with van der Waals surface area (Å²) in [6.45, 7) is 4.47. The SMILES string of the molecule is CC(C)C1CCCCC1Nc1ccc(Br)cc1[N+](=O)[O-]. The van der Waals surface area contributed by atoms with E-state index in [9.17, 15) is 10.1 Å². The van der Waals surface area contributed by atoms with Crippen molar-refractivity contribution in [3.05, 3.63) is 32.8 Å². The summed E-state index contributed by atoms with van der Waals surface area (Å²) >= 11 is 3.29. The predicted octanol–water partition coefficient (Wildman–Crippen LogP) is 4.98. The third kappa shape index (κ3) is 3.51. The average Bonchev–Trinajstić information content (AvgIpc) is 2.41. The van der Waals surface area contributed by atoms with Crippen molar-refractivity contribution in [3.8, 4) is 0 Å². The maximum absolute atomic E-state index is 11.2. The van der Waals surface area contributed by atoms with Gasteiger partial charge in [-0.2, -0.15) is 0 Å². The molecule has 0 amide bonds. The van der Waals surface area contributed by atoms with E-state index in [1.54, 1.807) is 12.1 Å². The lowest BCUT2D eigenvalue weighted by atomic mass is 9.78. The number of nitro benzene ring substituents is 1. The van der Waals surface area contributed by atoms with Crippen molar-refractivity contribution < 1.29 is 4.92 Å². The summed E-state index contributed by atoms with van der Waals surface area (Å²) in [6.07, 6.45) is 4.77. The molecule has 1 aromatic carbocycles. The fraction of sp³-hybridized carbons (Fsp3) is 0.600. The molecule has 2 rings (SSSR count). The smallest absolute Gasteiger partial charge is 0.293 e. The first kappa shape index (κ1) is 15.3. The van der Waals surface area contributed by atoms with Gasteiger partial charge in [-0.05, 0) is 36.8 Å². The van der Waals surface area contributed by atoms with Gasteiger partial charge in [-0.1, -0.05) is 42.6 Å². The number of hydrogen-bond acceptors (Lipinski definition) is 3. The molecule has 20 heavy (non-hydrogen) atoms. The van der Waals surface area contributed by atoms with Gasteiger partial charge in [0.05, 0.1) is 4.92 Å². The highest BCUT2D eigenvalue weighted by Crippen LogP contribution is 2.35. The summed E-state index contributed by atoms with van der Waals surface area (Å²) in [5.74, 6) is 1.19. The van der Waals surface area contributed by atoms with Crippen LogP contribution in [0.15, 0.2) is 22.7 Å². The first-order valence-electron chi connectivity index (χ1n) is 7.19. The summed E-state index contributed by atoms with van der Waals surface area (Å²) in [6, 6.07) is 5.55. The van der Waals surface area contributed by atoms with Crippen LogP contribution in [0.4, 0.5) is 11.4 Å². The number of rotatable bonds is 4. The van der Waals surface area contributed by atoms with E-state index in [0.29, 0.717) is 23.6 Å². The lowest BCUT2D eigenvalue weighted by Gasteiger charge is -2.35. The maximum atomic E-state index is 11.2. The topological polar surface area (TPSA) is 55.2 Å². The lowest BCUT2D eigenvalue weighted by Crippen LogP contribution is -2.35. The van der Waals surface area contributed by atoms with Gasteiger partial charge in [-0.25, -0.2) is 0 Å². The maximum Gasteiger partial charge on any atom is 0.293 e. The molecule has 1 aliphatic rings. The predicted molar refractivity (Wildman–Crippen MR) is 85.0 cm³/mol. The molecule has 0 aromatic heterocycles. The highest BCUT2D eigenvalue weighted by atomic mass is 79.9. The van der Waals surface area contributed by atoms with Crippen LogP contribution in [-0.4, -0.2) is 11.0 Å². The molecule has 1 aliphatic carbocycles. The zero-order valence-corrected chi connectivity index (χ0v) is 13.5. The molecule has 5 heteroatoms. The highest BCUT2D eigenvalue weighted by molar-refractivity contribution is 9.10. The molecule has 0 radical (unpaired) electrons. The fourth-order valence-electron chi connectivity index (χ4n) is 3.11. The second-order valence-electron chi connectivity index (χ2n) is 5.86. The third-order valence-corrected chi connectivity index (χ3v) is 4.67. The number of anilines is 1. The number of halogens is 1. The number of nitrogens with zero attached hydrogens (tertiary/aromatic N) is 1. The van der Waals surface area contributed by atoms with Gasteiger partial charge < -0.3 is 5.32 Å². The number of nitro groups is 1. The van der Waals surface area contributed by atoms with Gasteiger partial charge in [0.2, 0.25) is 0 Å². The molecule has 0 heterocycles. The van der Waals surface area contributed by atoms with E-state index in [1.807, 2.05) is 6.07 Å². The molecule has 1 aromatic rings. The Hall–Kier alpha value is -1.10. The minimum Gasteiger partial charge on any atom is -0.376 e. The minimum absolute atomic E-state index is 0.146. The molecule has 1 N–H and O–H groups in total. The molecule has 1 fully saturated rings. The summed E-state index contributed by atoms with van der Waals surface area (Å²) in [5, 5.41) is 14.6.